The number of fused-ring (bicyclic) bond motifs is 9. The highest BCUT2D eigenvalue weighted by atomic mass is 32.1. The fourth-order valence-electron chi connectivity index (χ4n) is 9.19. The summed E-state index contributed by atoms with van der Waals surface area (Å²) in [6, 6.07) is 28.1. The van der Waals surface area contributed by atoms with Crippen LogP contribution >= 0.6 is 46.1 Å². The van der Waals surface area contributed by atoms with Crippen molar-refractivity contribution >= 4 is 108 Å². The number of rotatable bonds is 12. The summed E-state index contributed by atoms with van der Waals surface area (Å²) in [6.45, 7) is 4.68. The standard InChI is InChI=1S/C44H38BN5S4/c1-3-5-7-9-13-25-19-29-30-20-26(14-10-8-6-4-2)22-32-42(30)50-41(29)31(21-25)43-33(23-37(51-43)27-15-11-17-35-39(27)48-53-46-35)45(50)34-24-38(52-44(32)34)28-16-12-18-36-40(28)49-54-47-36/h11-12,15-24H,3-10,13-14H2,1-2H3. The summed E-state index contributed by atoms with van der Waals surface area (Å²) in [5.41, 5.74) is 17.6. The minimum Gasteiger partial charge on any atom is -0.375 e. The largest absolute Gasteiger partial charge is 0.375 e. The number of unbranched alkanes of at least 4 members (excludes halogenated alkanes) is 6. The molecule has 10 heteroatoms. The first-order valence-electron chi connectivity index (χ1n) is 19.5. The molecule has 0 N–H and O–H groups in total. The Hall–Kier alpha value is -4.22. The summed E-state index contributed by atoms with van der Waals surface area (Å²) < 4.78 is 21.5. The van der Waals surface area contributed by atoms with E-state index in [-0.39, 0.29) is 6.85 Å². The second kappa shape index (κ2) is 13.2. The normalized spacial score (nSPS) is 13.0. The quantitative estimate of drug-likeness (QED) is 0.0916. The van der Waals surface area contributed by atoms with Gasteiger partial charge in [0.05, 0.1) is 23.5 Å². The van der Waals surface area contributed by atoms with Gasteiger partial charge in [0.15, 0.2) is 0 Å². The zero-order valence-corrected chi connectivity index (χ0v) is 33.7. The first-order chi connectivity index (χ1) is 26.7. The van der Waals surface area contributed by atoms with Crippen molar-refractivity contribution in [1.82, 2.24) is 22.0 Å². The van der Waals surface area contributed by atoms with E-state index < -0.39 is 0 Å². The van der Waals surface area contributed by atoms with E-state index in [1.807, 2.05) is 22.7 Å². The van der Waals surface area contributed by atoms with Gasteiger partial charge in [-0.3, -0.25) is 0 Å². The van der Waals surface area contributed by atoms with Gasteiger partial charge < -0.3 is 4.48 Å². The molecule has 2 aliphatic rings. The molecule has 0 radical (unpaired) electrons. The predicted molar refractivity (Wildman–Crippen MR) is 235 cm³/mol. The van der Waals surface area contributed by atoms with Crippen LogP contribution in [0, 0.1) is 0 Å². The number of benzene rings is 4. The molecule has 4 aromatic carbocycles. The average molecular weight is 776 g/mol. The molecule has 54 heavy (non-hydrogen) atoms. The Labute approximate surface area is 331 Å². The Morgan fingerprint density at radius 3 is 1.52 bits per heavy atom. The van der Waals surface area contributed by atoms with Gasteiger partial charge in [0.25, 0.3) is 0 Å². The van der Waals surface area contributed by atoms with Crippen molar-refractivity contribution in [3.63, 3.8) is 0 Å². The number of hydrogen-bond acceptors (Lipinski definition) is 8. The second-order valence-electron chi connectivity index (χ2n) is 15.1. The van der Waals surface area contributed by atoms with E-state index >= 15 is 0 Å². The van der Waals surface area contributed by atoms with Gasteiger partial charge in [-0.25, -0.2) is 0 Å². The van der Waals surface area contributed by atoms with Crippen LogP contribution in [0.4, 0.5) is 0 Å². The number of hydrogen-bond donors (Lipinski definition) is 0. The Kier molecular flexibility index (Phi) is 8.12. The fraction of sp³-hybridized carbons (Fsp3) is 0.273. The van der Waals surface area contributed by atoms with Crippen molar-refractivity contribution in [2.24, 2.45) is 0 Å². The number of aromatic nitrogens is 5. The highest BCUT2D eigenvalue weighted by Crippen LogP contribution is 2.50. The Bertz CT molecular complexity index is 2710. The first kappa shape index (κ1) is 33.2. The fourth-order valence-corrected chi connectivity index (χ4v) is 12.8. The molecule has 5 nitrogen and oxygen atoms in total. The average Bonchev–Trinajstić information content (AvgIpc) is 4.04. The molecule has 7 heterocycles. The summed E-state index contributed by atoms with van der Waals surface area (Å²) >= 11 is 6.50. The van der Waals surface area contributed by atoms with E-state index in [0.29, 0.717) is 0 Å². The predicted octanol–water partition coefficient (Wildman–Crippen LogP) is 12.1. The van der Waals surface area contributed by atoms with E-state index in [1.54, 1.807) is 0 Å². The summed E-state index contributed by atoms with van der Waals surface area (Å²) in [6.07, 6.45) is 12.4. The van der Waals surface area contributed by atoms with E-state index in [0.717, 1.165) is 34.9 Å². The van der Waals surface area contributed by atoms with Crippen LogP contribution in [0.15, 0.2) is 72.8 Å². The maximum absolute atomic E-state index is 4.78. The Morgan fingerprint density at radius 1 is 0.537 bits per heavy atom. The smallest absolute Gasteiger partial charge is 0.331 e. The molecule has 9 aromatic rings. The van der Waals surface area contributed by atoms with E-state index in [1.165, 1.54) is 160 Å². The summed E-state index contributed by atoms with van der Waals surface area (Å²) in [5, 5.41) is 2.85. The van der Waals surface area contributed by atoms with Crippen molar-refractivity contribution < 1.29 is 0 Å². The lowest BCUT2D eigenvalue weighted by Gasteiger charge is -2.29. The SMILES string of the molecule is CCCCCCc1cc2c3c(c1)c1cc(CCCCCC)cc4c1n3B(c1cc(-c3cccc5nsnc35)sc1-2)c1cc(-c2cccc3nsnc23)sc1-4. The number of nitrogens with zero attached hydrogens (tertiary/aromatic N) is 5. The van der Waals surface area contributed by atoms with Crippen LogP contribution in [0.25, 0.3) is 85.6 Å². The van der Waals surface area contributed by atoms with Gasteiger partial charge in [0.1, 0.15) is 22.1 Å². The molecule has 0 spiro atoms. The van der Waals surface area contributed by atoms with Gasteiger partial charge >= 0.3 is 6.85 Å². The van der Waals surface area contributed by atoms with Crippen LogP contribution in [-0.2, 0) is 12.8 Å². The van der Waals surface area contributed by atoms with Crippen LogP contribution in [0.3, 0.4) is 0 Å². The molecular formula is C44H38BN5S4. The highest BCUT2D eigenvalue weighted by Gasteiger charge is 2.42. The van der Waals surface area contributed by atoms with Gasteiger partial charge in [-0.15, -0.1) is 22.7 Å². The molecular weight excluding hydrogens is 738 g/mol. The van der Waals surface area contributed by atoms with Gasteiger partial charge in [-0.1, -0.05) is 76.6 Å². The summed E-state index contributed by atoms with van der Waals surface area (Å²) in [5.74, 6) is 0. The Morgan fingerprint density at radius 2 is 1.04 bits per heavy atom. The molecule has 2 aliphatic heterocycles. The lowest BCUT2D eigenvalue weighted by atomic mass is 9.47. The highest BCUT2D eigenvalue weighted by molar-refractivity contribution is 7.23. The monoisotopic (exact) mass is 775 g/mol. The van der Waals surface area contributed by atoms with Crippen molar-refractivity contribution in [2.75, 3.05) is 0 Å². The Balaban J connectivity index is 1.19. The van der Waals surface area contributed by atoms with Crippen molar-refractivity contribution in [3.05, 3.63) is 83.9 Å². The lowest BCUT2D eigenvalue weighted by molar-refractivity contribution is 0.667. The molecule has 0 fully saturated rings. The van der Waals surface area contributed by atoms with Crippen molar-refractivity contribution in [2.45, 2.75) is 78.1 Å². The summed E-state index contributed by atoms with van der Waals surface area (Å²) in [4.78, 5) is 5.34. The molecule has 0 aliphatic carbocycles. The van der Waals surface area contributed by atoms with Crippen molar-refractivity contribution in [3.8, 4) is 41.8 Å². The third kappa shape index (κ3) is 5.06. The molecule has 0 amide bonds. The molecule has 0 unspecified atom stereocenters. The van der Waals surface area contributed by atoms with Gasteiger partial charge in [0, 0.05) is 63.6 Å². The van der Waals surface area contributed by atoms with Gasteiger partial charge in [0.2, 0.25) is 0 Å². The van der Waals surface area contributed by atoms with Crippen LogP contribution in [0.2, 0.25) is 0 Å². The van der Waals surface area contributed by atoms with E-state index in [4.69, 9.17) is 8.75 Å². The number of aryl methyl sites for hydroxylation is 2. The molecule has 11 rings (SSSR count). The zero-order chi connectivity index (χ0) is 35.9. The first-order valence-corrected chi connectivity index (χ1v) is 22.6. The maximum atomic E-state index is 4.78. The van der Waals surface area contributed by atoms with Gasteiger partial charge in [-0.05, 0) is 96.3 Å². The van der Waals surface area contributed by atoms with Crippen molar-refractivity contribution in [1.29, 1.82) is 0 Å². The van der Waals surface area contributed by atoms with Gasteiger partial charge in [-0.2, -0.15) is 17.5 Å². The van der Waals surface area contributed by atoms with Crippen LogP contribution < -0.4 is 10.9 Å². The lowest BCUT2D eigenvalue weighted by Crippen LogP contribution is -2.52. The zero-order valence-electron chi connectivity index (χ0n) is 30.4. The van der Waals surface area contributed by atoms with E-state index in [2.05, 4.69) is 99.9 Å². The molecule has 0 bridgehead atoms. The topological polar surface area (TPSA) is 56.5 Å². The second-order valence-corrected chi connectivity index (χ2v) is 18.3. The molecule has 0 atom stereocenters. The van der Waals surface area contributed by atoms with Crippen LogP contribution in [-0.4, -0.2) is 28.8 Å². The molecule has 0 saturated carbocycles. The molecule has 266 valence electrons. The maximum Gasteiger partial charge on any atom is 0.331 e. The third-order valence-corrected chi connectivity index (χ3v) is 15.2. The molecule has 5 aromatic heterocycles. The molecule has 0 saturated heterocycles. The number of thiophene rings is 2. The minimum absolute atomic E-state index is 0.0799. The van der Waals surface area contributed by atoms with Crippen LogP contribution in [0.5, 0.6) is 0 Å². The van der Waals surface area contributed by atoms with Crippen LogP contribution in [0.1, 0.15) is 76.3 Å². The minimum atomic E-state index is 0.0799. The van der Waals surface area contributed by atoms with E-state index in [9.17, 15) is 0 Å². The summed E-state index contributed by atoms with van der Waals surface area (Å²) in [7, 11) is 0. The third-order valence-electron chi connectivity index (χ3n) is 11.7.